The molecule has 0 amide bonds. The molecule has 116 valence electrons. The third kappa shape index (κ3) is 3.39. The number of piperidine rings is 1. The Morgan fingerprint density at radius 3 is 2.45 bits per heavy atom. The molecule has 3 rings (SSSR count). The Kier molecular flexibility index (Phi) is 5.39. The van der Waals surface area contributed by atoms with Crippen molar-refractivity contribution < 1.29 is 0 Å². The second-order valence-corrected chi connectivity index (χ2v) is 7.46. The predicted octanol–water partition coefficient (Wildman–Crippen LogP) is 3.81. The molecule has 2 saturated carbocycles. The lowest BCUT2D eigenvalue weighted by atomic mass is 9.78. The van der Waals surface area contributed by atoms with Gasteiger partial charge in [-0.15, -0.1) is 0 Å². The number of likely N-dealkylation sites (N-methyl/N-ethyl adjacent to an activating group) is 1. The number of hydrogen-bond acceptors (Lipinski definition) is 2. The summed E-state index contributed by atoms with van der Waals surface area (Å²) in [5, 5.41) is 3.83. The van der Waals surface area contributed by atoms with Gasteiger partial charge in [0.25, 0.3) is 0 Å². The van der Waals surface area contributed by atoms with Crippen LogP contribution in [0, 0.1) is 11.8 Å². The lowest BCUT2D eigenvalue weighted by molar-refractivity contribution is 0.0469. The lowest BCUT2D eigenvalue weighted by Crippen LogP contribution is -2.53. The van der Waals surface area contributed by atoms with Crippen molar-refractivity contribution in [1.82, 2.24) is 10.2 Å². The average molecular weight is 278 g/mol. The van der Waals surface area contributed by atoms with Crippen molar-refractivity contribution in [3.8, 4) is 0 Å². The molecule has 2 nitrogen and oxygen atoms in total. The van der Waals surface area contributed by atoms with Gasteiger partial charge in [-0.2, -0.15) is 0 Å². The number of nitrogens with zero attached hydrogens (tertiary/aromatic N) is 1. The highest BCUT2D eigenvalue weighted by atomic mass is 15.2. The molecule has 2 heteroatoms. The molecule has 0 radical (unpaired) electrons. The summed E-state index contributed by atoms with van der Waals surface area (Å²) in [6, 6.07) is 1.70. The van der Waals surface area contributed by atoms with Crippen molar-refractivity contribution in [2.75, 3.05) is 19.6 Å². The summed E-state index contributed by atoms with van der Waals surface area (Å²) in [6.45, 7) is 6.13. The van der Waals surface area contributed by atoms with E-state index in [0.29, 0.717) is 0 Å². The van der Waals surface area contributed by atoms with Crippen molar-refractivity contribution in [3.63, 3.8) is 0 Å². The molecule has 1 N–H and O–H groups in total. The molecule has 0 bridgehead atoms. The standard InChI is InChI=1S/C18H34N2/c1-2-19-17(15-8-3-4-9-15)14-20-13-7-11-16-10-5-6-12-18(16)20/h15-19H,2-14H2,1H3. The zero-order chi connectivity index (χ0) is 13.8. The number of fused-ring (bicyclic) bond motifs is 1. The van der Waals surface area contributed by atoms with E-state index in [-0.39, 0.29) is 0 Å². The molecule has 3 fully saturated rings. The minimum atomic E-state index is 0.767. The molecule has 1 saturated heterocycles. The third-order valence-electron chi connectivity index (χ3n) is 6.22. The van der Waals surface area contributed by atoms with Crippen molar-refractivity contribution >= 4 is 0 Å². The van der Waals surface area contributed by atoms with Gasteiger partial charge in [-0.05, 0) is 63.5 Å². The second kappa shape index (κ2) is 7.26. The summed E-state index contributed by atoms with van der Waals surface area (Å²) in [5.74, 6) is 1.99. The van der Waals surface area contributed by atoms with Crippen LogP contribution in [-0.4, -0.2) is 36.6 Å². The van der Waals surface area contributed by atoms with Gasteiger partial charge in [0.15, 0.2) is 0 Å². The van der Waals surface area contributed by atoms with Crippen LogP contribution in [0.4, 0.5) is 0 Å². The normalized spacial score (nSPS) is 34.0. The van der Waals surface area contributed by atoms with Crippen molar-refractivity contribution in [2.24, 2.45) is 11.8 Å². The van der Waals surface area contributed by atoms with Crippen LogP contribution in [0.25, 0.3) is 0 Å². The Hall–Kier alpha value is -0.0800. The maximum Gasteiger partial charge on any atom is 0.0223 e. The van der Waals surface area contributed by atoms with Crippen LogP contribution in [0.2, 0.25) is 0 Å². The van der Waals surface area contributed by atoms with Gasteiger partial charge >= 0.3 is 0 Å². The number of nitrogens with one attached hydrogen (secondary N) is 1. The molecule has 3 unspecified atom stereocenters. The van der Waals surface area contributed by atoms with E-state index >= 15 is 0 Å². The summed E-state index contributed by atoms with van der Waals surface area (Å²) in [4.78, 5) is 2.89. The fourth-order valence-corrected chi connectivity index (χ4v) is 5.21. The first-order valence-electron chi connectivity index (χ1n) is 9.36. The van der Waals surface area contributed by atoms with Crippen LogP contribution in [0.5, 0.6) is 0 Å². The van der Waals surface area contributed by atoms with E-state index in [1.165, 1.54) is 77.3 Å². The van der Waals surface area contributed by atoms with Crippen LogP contribution in [0.3, 0.4) is 0 Å². The monoisotopic (exact) mass is 278 g/mol. The summed E-state index contributed by atoms with van der Waals surface area (Å²) < 4.78 is 0. The van der Waals surface area contributed by atoms with Crippen LogP contribution in [0.15, 0.2) is 0 Å². The molecule has 1 aliphatic heterocycles. The maximum absolute atomic E-state index is 3.83. The maximum atomic E-state index is 3.83. The van der Waals surface area contributed by atoms with Gasteiger partial charge in [-0.25, -0.2) is 0 Å². The summed E-state index contributed by atoms with van der Waals surface area (Å²) >= 11 is 0. The zero-order valence-corrected chi connectivity index (χ0v) is 13.4. The summed E-state index contributed by atoms with van der Waals surface area (Å²) in [5.41, 5.74) is 0. The van der Waals surface area contributed by atoms with E-state index in [1.54, 1.807) is 0 Å². The Morgan fingerprint density at radius 1 is 0.950 bits per heavy atom. The first-order valence-corrected chi connectivity index (χ1v) is 9.36. The second-order valence-electron chi connectivity index (χ2n) is 7.46. The van der Waals surface area contributed by atoms with E-state index in [1.807, 2.05) is 0 Å². The van der Waals surface area contributed by atoms with Crippen LogP contribution in [0.1, 0.15) is 71.1 Å². The number of likely N-dealkylation sites (tertiary alicyclic amines) is 1. The van der Waals surface area contributed by atoms with E-state index in [0.717, 1.165) is 30.5 Å². The Balaban J connectivity index is 1.60. The molecule has 2 aliphatic carbocycles. The van der Waals surface area contributed by atoms with Crippen LogP contribution >= 0.6 is 0 Å². The van der Waals surface area contributed by atoms with Gasteiger partial charge < -0.3 is 5.32 Å². The fraction of sp³-hybridized carbons (Fsp3) is 1.00. The minimum absolute atomic E-state index is 0.767. The Morgan fingerprint density at radius 2 is 1.65 bits per heavy atom. The SMILES string of the molecule is CCNC(CN1CCCC2CCCCC21)C1CCCC1. The molecule has 20 heavy (non-hydrogen) atoms. The van der Waals surface area contributed by atoms with E-state index in [2.05, 4.69) is 17.1 Å². The quantitative estimate of drug-likeness (QED) is 0.822. The molecule has 0 aromatic carbocycles. The van der Waals surface area contributed by atoms with Crippen LogP contribution in [-0.2, 0) is 0 Å². The first kappa shape index (κ1) is 14.8. The van der Waals surface area contributed by atoms with E-state index in [9.17, 15) is 0 Å². The topological polar surface area (TPSA) is 15.3 Å². The minimum Gasteiger partial charge on any atom is -0.313 e. The molecule has 1 heterocycles. The first-order chi connectivity index (χ1) is 9.88. The third-order valence-corrected chi connectivity index (χ3v) is 6.22. The van der Waals surface area contributed by atoms with Gasteiger partial charge in [0, 0.05) is 18.6 Å². The molecule has 0 spiro atoms. The number of rotatable bonds is 5. The summed E-state index contributed by atoms with van der Waals surface area (Å²) in [6.07, 6.45) is 14.8. The smallest absolute Gasteiger partial charge is 0.0223 e. The predicted molar refractivity (Wildman–Crippen MR) is 86.0 cm³/mol. The molecule has 3 aliphatic rings. The highest BCUT2D eigenvalue weighted by molar-refractivity contribution is 4.91. The van der Waals surface area contributed by atoms with Gasteiger partial charge in [0.1, 0.15) is 0 Å². The van der Waals surface area contributed by atoms with E-state index in [4.69, 9.17) is 0 Å². The molecule has 0 aromatic heterocycles. The lowest BCUT2D eigenvalue weighted by Gasteiger charge is -2.46. The highest BCUT2D eigenvalue weighted by Gasteiger charge is 2.35. The number of hydrogen-bond donors (Lipinski definition) is 1. The van der Waals surface area contributed by atoms with Gasteiger partial charge in [0.05, 0.1) is 0 Å². The van der Waals surface area contributed by atoms with Gasteiger partial charge in [-0.3, -0.25) is 4.90 Å². The van der Waals surface area contributed by atoms with Crippen molar-refractivity contribution in [3.05, 3.63) is 0 Å². The molecule has 0 aromatic rings. The van der Waals surface area contributed by atoms with Gasteiger partial charge in [0.2, 0.25) is 0 Å². The van der Waals surface area contributed by atoms with E-state index < -0.39 is 0 Å². The fourth-order valence-electron chi connectivity index (χ4n) is 5.21. The molecule has 3 atom stereocenters. The molecular formula is C18H34N2. The largest absolute Gasteiger partial charge is 0.313 e. The molecular weight excluding hydrogens is 244 g/mol. The Bertz CT molecular complexity index is 283. The van der Waals surface area contributed by atoms with Crippen molar-refractivity contribution in [1.29, 1.82) is 0 Å². The average Bonchev–Trinajstić information content (AvgIpc) is 3.01. The summed E-state index contributed by atoms with van der Waals surface area (Å²) in [7, 11) is 0. The van der Waals surface area contributed by atoms with Crippen LogP contribution < -0.4 is 5.32 Å². The zero-order valence-electron chi connectivity index (χ0n) is 13.4. The van der Waals surface area contributed by atoms with Crippen molar-refractivity contribution in [2.45, 2.75) is 83.2 Å². The van der Waals surface area contributed by atoms with Gasteiger partial charge in [-0.1, -0.05) is 32.6 Å². The highest BCUT2D eigenvalue weighted by Crippen LogP contribution is 2.36. The Labute approximate surface area is 125 Å².